The lowest BCUT2D eigenvalue weighted by Gasteiger charge is -2.39. The molecule has 130 valence electrons. The second kappa shape index (κ2) is 6.49. The van der Waals surface area contributed by atoms with Crippen LogP contribution in [0.4, 0.5) is 8.78 Å². The van der Waals surface area contributed by atoms with Gasteiger partial charge in [0.05, 0.1) is 0 Å². The summed E-state index contributed by atoms with van der Waals surface area (Å²) in [4.78, 5) is 25.0. The lowest BCUT2D eigenvalue weighted by molar-refractivity contribution is -0.150. The minimum Gasteiger partial charge on any atom is -0.352 e. The molecule has 1 aromatic rings. The van der Waals surface area contributed by atoms with E-state index in [1.165, 1.54) is 18.2 Å². The zero-order valence-electron chi connectivity index (χ0n) is 13.7. The monoisotopic (exact) mass is 336 g/mol. The molecule has 2 saturated carbocycles. The first-order valence-electron chi connectivity index (χ1n) is 8.47. The van der Waals surface area contributed by atoms with Crippen LogP contribution in [0.3, 0.4) is 0 Å². The number of hydrogen-bond donors (Lipinski definition) is 2. The highest BCUT2D eigenvalue weighted by Crippen LogP contribution is 2.42. The average molecular weight is 336 g/mol. The molecule has 0 unspecified atom stereocenters. The molecule has 1 aromatic carbocycles. The van der Waals surface area contributed by atoms with Crippen molar-refractivity contribution in [3.63, 3.8) is 0 Å². The SMILES string of the molecule is C[C@H](Cc1c(F)cccc1F)NC(=O)C1(C(=O)NC2CC2)CCC1. The Labute approximate surface area is 140 Å². The lowest BCUT2D eigenvalue weighted by atomic mass is 9.67. The van der Waals surface area contributed by atoms with Crippen molar-refractivity contribution < 1.29 is 18.4 Å². The highest BCUT2D eigenvalue weighted by Gasteiger charge is 2.51. The van der Waals surface area contributed by atoms with E-state index in [0.29, 0.717) is 12.8 Å². The van der Waals surface area contributed by atoms with Gasteiger partial charge >= 0.3 is 0 Å². The molecule has 0 heterocycles. The Morgan fingerprint density at radius 1 is 1.21 bits per heavy atom. The molecule has 2 aliphatic carbocycles. The van der Waals surface area contributed by atoms with Crippen molar-refractivity contribution in [1.82, 2.24) is 10.6 Å². The van der Waals surface area contributed by atoms with Gasteiger partial charge in [0, 0.05) is 17.6 Å². The van der Waals surface area contributed by atoms with Gasteiger partial charge < -0.3 is 10.6 Å². The Balaban J connectivity index is 1.63. The number of nitrogens with one attached hydrogen (secondary N) is 2. The summed E-state index contributed by atoms with van der Waals surface area (Å²) in [7, 11) is 0. The zero-order valence-corrected chi connectivity index (χ0v) is 13.7. The van der Waals surface area contributed by atoms with E-state index in [2.05, 4.69) is 10.6 Å². The van der Waals surface area contributed by atoms with E-state index in [-0.39, 0.29) is 29.8 Å². The number of benzene rings is 1. The standard InChI is InChI=1S/C18H22F2N2O2/c1-11(10-13-14(19)4-2-5-15(13)20)21-16(23)18(8-3-9-18)17(24)22-12-6-7-12/h2,4-5,11-12H,3,6-10H2,1H3,(H,21,23)(H,22,24)/t11-/m1/s1. The molecule has 3 rings (SSSR count). The van der Waals surface area contributed by atoms with Crippen molar-refractivity contribution in [3.8, 4) is 0 Å². The minimum atomic E-state index is -1.01. The molecule has 2 amide bonds. The fourth-order valence-corrected chi connectivity index (χ4v) is 3.09. The van der Waals surface area contributed by atoms with Gasteiger partial charge in [0.1, 0.15) is 17.0 Å². The van der Waals surface area contributed by atoms with E-state index in [1.807, 2.05) is 0 Å². The van der Waals surface area contributed by atoms with E-state index in [0.717, 1.165) is 19.3 Å². The molecular weight excluding hydrogens is 314 g/mol. The third kappa shape index (κ3) is 3.28. The van der Waals surface area contributed by atoms with Crippen LogP contribution in [0.5, 0.6) is 0 Å². The third-order valence-corrected chi connectivity index (χ3v) is 4.94. The smallest absolute Gasteiger partial charge is 0.235 e. The van der Waals surface area contributed by atoms with Crippen LogP contribution in [-0.2, 0) is 16.0 Å². The summed E-state index contributed by atoms with van der Waals surface area (Å²) in [6.45, 7) is 1.69. The van der Waals surface area contributed by atoms with E-state index < -0.39 is 23.1 Å². The van der Waals surface area contributed by atoms with E-state index in [9.17, 15) is 18.4 Å². The lowest BCUT2D eigenvalue weighted by Crippen LogP contribution is -2.57. The summed E-state index contributed by atoms with van der Waals surface area (Å²) in [6.07, 6.45) is 3.86. The van der Waals surface area contributed by atoms with Crippen molar-refractivity contribution in [3.05, 3.63) is 35.4 Å². The number of rotatable bonds is 6. The van der Waals surface area contributed by atoms with Gasteiger partial charge in [-0.2, -0.15) is 0 Å². The van der Waals surface area contributed by atoms with Gasteiger partial charge in [-0.3, -0.25) is 9.59 Å². The largest absolute Gasteiger partial charge is 0.352 e. The van der Waals surface area contributed by atoms with Crippen LogP contribution in [0.2, 0.25) is 0 Å². The summed E-state index contributed by atoms with van der Waals surface area (Å²) in [5.41, 5.74) is -1.06. The molecular formula is C18H22F2N2O2. The van der Waals surface area contributed by atoms with Crippen LogP contribution >= 0.6 is 0 Å². The first kappa shape index (κ1) is 16.9. The number of hydrogen-bond acceptors (Lipinski definition) is 2. The van der Waals surface area contributed by atoms with Crippen molar-refractivity contribution in [2.24, 2.45) is 5.41 Å². The first-order valence-corrected chi connectivity index (χ1v) is 8.47. The summed E-state index contributed by atoms with van der Waals surface area (Å²) in [5.74, 6) is -1.80. The second-order valence-corrected chi connectivity index (χ2v) is 6.96. The Morgan fingerprint density at radius 2 is 1.83 bits per heavy atom. The Morgan fingerprint density at radius 3 is 2.33 bits per heavy atom. The van der Waals surface area contributed by atoms with Gasteiger partial charge in [-0.15, -0.1) is 0 Å². The third-order valence-electron chi connectivity index (χ3n) is 4.94. The quantitative estimate of drug-likeness (QED) is 0.784. The number of carbonyl (C=O) groups is 2. The van der Waals surface area contributed by atoms with Crippen molar-refractivity contribution in [2.45, 2.75) is 57.5 Å². The molecule has 0 bridgehead atoms. The molecule has 1 atom stereocenters. The van der Waals surface area contributed by atoms with Crippen LogP contribution in [0.1, 0.15) is 44.6 Å². The summed E-state index contributed by atoms with van der Waals surface area (Å²) >= 11 is 0. The van der Waals surface area contributed by atoms with E-state index in [1.54, 1.807) is 6.92 Å². The molecule has 0 aliphatic heterocycles. The predicted octanol–water partition coefficient (Wildman–Crippen LogP) is 2.46. The first-order chi connectivity index (χ1) is 11.4. The maximum atomic E-state index is 13.7. The molecule has 6 heteroatoms. The van der Waals surface area contributed by atoms with E-state index >= 15 is 0 Å². The highest BCUT2D eigenvalue weighted by atomic mass is 19.1. The fourth-order valence-electron chi connectivity index (χ4n) is 3.09. The summed E-state index contributed by atoms with van der Waals surface area (Å²) in [6, 6.07) is 3.44. The van der Waals surface area contributed by atoms with Crippen LogP contribution in [0, 0.1) is 17.0 Å². The molecule has 24 heavy (non-hydrogen) atoms. The van der Waals surface area contributed by atoms with Gasteiger partial charge in [0.15, 0.2) is 0 Å². The van der Waals surface area contributed by atoms with Gasteiger partial charge in [-0.25, -0.2) is 8.78 Å². The van der Waals surface area contributed by atoms with Crippen molar-refractivity contribution >= 4 is 11.8 Å². The highest BCUT2D eigenvalue weighted by molar-refractivity contribution is 6.06. The van der Waals surface area contributed by atoms with Crippen molar-refractivity contribution in [1.29, 1.82) is 0 Å². The summed E-state index contributed by atoms with van der Waals surface area (Å²) in [5, 5.41) is 5.67. The van der Waals surface area contributed by atoms with Crippen LogP contribution in [-0.4, -0.2) is 23.9 Å². The fraction of sp³-hybridized carbons (Fsp3) is 0.556. The van der Waals surface area contributed by atoms with Crippen LogP contribution < -0.4 is 10.6 Å². The Hall–Kier alpha value is -1.98. The topological polar surface area (TPSA) is 58.2 Å². The average Bonchev–Trinajstić information content (AvgIpc) is 3.25. The summed E-state index contributed by atoms with van der Waals surface area (Å²) < 4.78 is 27.4. The molecule has 2 fully saturated rings. The maximum Gasteiger partial charge on any atom is 0.235 e. The van der Waals surface area contributed by atoms with Crippen LogP contribution in [0.25, 0.3) is 0 Å². The Bertz CT molecular complexity index is 634. The molecule has 4 nitrogen and oxygen atoms in total. The predicted molar refractivity (Wildman–Crippen MR) is 85.1 cm³/mol. The van der Waals surface area contributed by atoms with Gasteiger partial charge in [-0.05, 0) is 51.2 Å². The maximum absolute atomic E-state index is 13.7. The van der Waals surface area contributed by atoms with Gasteiger partial charge in [0.2, 0.25) is 11.8 Å². The minimum absolute atomic E-state index is 0.0459. The van der Waals surface area contributed by atoms with Crippen LogP contribution in [0.15, 0.2) is 18.2 Å². The number of halogens is 2. The second-order valence-electron chi connectivity index (χ2n) is 6.96. The number of carbonyl (C=O) groups excluding carboxylic acids is 2. The van der Waals surface area contributed by atoms with Crippen molar-refractivity contribution in [2.75, 3.05) is 0 Å². The normalized spacial score (nSPS) is 20.0. The molecule has 0 radical (unpaired) electrons. The zero-order chi connectivity index (χ0) is 17.3. The Kier molecular flexibility index (Phi) is 4.56. The molecule has 0 saturated heterocycles. The number of amides is 2. The molecule has 0 aromatic heterocycles. The molecule has 0 spiro atoms. The van der Waals surface area contributed by atoms with Gasteiger partial charge in [-0.1, -0.05) is 12.5 Å². The molecule has 2 N–H and O–H groups in total. The molecule has 2 aliphatic rings. The van der Waals surface area contributed by atoms with E-state index in [4.69, 9.17) is 0 Å². The van der Waals surface area contributed by atoms with Gasteiger partial charge in [0.25, 0.3) is 0 Å².